The maximum atomic E-state index is 13.6. The zero-order valence-electron chi connectivity index (χ0n) is 25.2. The number of H-pyrrole nitrogens is 1. The van der Waals surface area contributed by atoms with Crippen LogP contribution >= 0.6 is 0 Å². The van der Waals surface area contributed by atoms with E-state index < -0.39 is 6.29 Å². The van der Waals surface area contributed by atoms with Crippen LogP contribution in [0, 0.1) is 0 Å². The third kappa shape index (κ3) is 5.97. The lowest BCUT2D eigenvalue weighted by Crippen LogP contribution is -2.34. The van der Waals surface area contributed by atoms with Gasteiger partial charge in [-0.1, -0.05) is 66.7 Å². The molecule has 2 atom stereocenters. The third-order valence-corrected chi connectivity index (χ3v) is 8.86. The van der Waals surface area contributed by atoms with Crippen LogP contribution in [0.25, 0.3) is 22.0 Å². The van der Waals surface area contributed by atoms with Gasteiger partial charge in [0, 0.05) is 36.0 Å². The van der Waals surface area contributed by atoms with E-state index >= 15 is 0 Å². The molecule has 2 aliphatic rings. The van der Waals surface area contributed by atoms with E-state index in [0.29, 0.717) is 26.0 Å². The van der Waals surface area contributed by atoms with E-state index in [2.05, 4.69) is 52.8 Å². The first-order chi connectivity index (χ1) is 22.1. The number of allylic oxidation sites excluding steroid dienone is 1. The van der Waals surface area contributed by atoms with Gasteiger partial charge in [-0.15, -0.1) is 0 Å². The van der Waals surface area contributed by atoms with Crippen LogP contribution in [0.5, 0.6) is 5.75 Å². The number of amides is 1. The van der Waals surface area contributed by atoms with Crippen LogP contribution in [0.1, 0.15) is 45.7 Å². The minimum atomic E-state index is -0.598. The van der Waals surface area contributed by atoms with Crippen molar-refractivity contribution in [2.75, 3.05) is 13.7 Å². The molecule has 2 unspecified atom stereocenters. The molecule has 2 heterocycles. The van der Waals surface area contributed by atoms with E-state index in [9.17, 15) is 9.90 Å². The van der Waals surface area contributed by atoms with Crippen LogP contribution in [0.15, 0.2) is 103 Å². The third-order valence-electron chi connectivity index (χ3n) is 8.86. The van der Waals surface area contributed by atoms with Crippen LogP contribution in [0.3, 0.4) is 0 Å². The van der Waals surface area contributed by atoms with Gasteiger partial charge in [0.25, 0.3) is 5.91 Å². The molecule has 4 aromatic carbocycles. The molecule has 5 aromatic rings. The van der Waals surface area contributed by atoms with E-state index in [0.717, 1.165) is 39.8 Å². The summed E-state index contributed by atoms with van der Waals surface area (Å²) < 4.78 is 17.9. The summed E-state index contributed by atoms with van der Waals surface area (Å²) >= 11 is 0. The second-order valence-electron chi connectivity index (χ2n) is 11.6. The van der Waals surface area contributed by atoms with Gasteiger partial charge in [0.1, 0.15) is 5.75 Å². The van der Waals surface area contributed by atoms with Crippen molar-refractivity contribution in [3.63, 3.8) is 0 Å². The van der Waals surface area contributed by atoms with Crippen LogP contribution in [-0.4, -0.2) is 35.9 Å². The predicted octanol–water partition coefficient (Wildman–Crippen LogP) is 6.53. The Bertz CT molecular complexity index is 1870. The van der Waals surface area contributed by atoms with Crippen LogP contribution in [0.2, 0.25) is 0 Å². The van der Waals surface area contributed by atoms with E-state index in [1.807, 2.05) is 54.7 Å². The fraction of sp³-hybridized carbons (Fsp3) is 0.237. The number of nitrogens with one attached hydrogen (secondary N) is 2. The Hall–Kier alpha value is -4.85. The average Bonchev–Trinajstić information content (AvgIpc) is 3.68. The Labute approximate surface area is 262 Å². The highest BCUT2D eigenvalue weighted by atomic mass is 16.7. The topological polar surface area (TPSA) is 92.8 Å². The number of benzene rings is 4. The molecule has 7 nitrogen and oxygen atoms in total. The van der Waals surface area contributed by atoms with E-state index in [1.165, 1.54) is 27.8 Å². The number of aromatic nitrogens is 1. The molecule has 1 aromatic heterocycles. The SMILES string of the molecule is COc1ccc2[nH]cc(CCNC(=O)C3=CC(c4cccc5c4Cc4ccccc4-5)CC(OCc4ccc(CO)cc4)O3)c2c1. The normalized spacial score (nSPS) is 16.9. The first-order valence-electron chi connectivity index (χ1n) is 15.4. The maximum Gasteiger partial charge on any atom is 0.286 e. The van der Waals surface area contributed by atoms with Crippen molar-refractivity contribution >= 4 is 16.8 Å². The number of carbonyl (C=O) groups excluding carboxylic acids is 1. The molecule has 3 N–H and O–H groups in total. The van der Waals surface area contributed by atoms with Gasteiger partial charge in [0.2, 0.25) is 6.29 Å². The van der Waals surface area contributed by atoms with Gasteiger partial charge in [-0.05, 0) is 81.6 Å². The molecule has 0 fully saturated rings. The molecule has 1 amide bonds. The van der Waals surface area contributed by atoms with E-state index in [4.69, 9.17) is 14.2 Å². The number of aliphatic hydroxyl groups excluding tert-OH is 1. The zero-order valence-corrected chi connectivity index (χ0v) is 25.2. The van der Waals surface area contributed by atoms with Gasteiger partial charge in [-0.25, -0.2) is 0 Å². The molecule has 0 saturated heterocycles. The Kier molecular flexibility index (Phi) is 8.11. The van der Waals surface area contributed by atoms with Crippen molar-refractivity contribution in [1.29, 1.82) is 0 Å². The molecule has 0 spiro atoms. The molecule has 228 valence electrons. The summed E-state index contributed by atoms with van der Waals surface area (Å²) in [6, 6.07) is 28.6. The minimum Gasteiger partial charge on any atom is -0.497 e. The van der Waals surface area contributed by atoms with Crippen LogP contribution < -0.4 is 10.1 Å². The lowest BCUT2D eigenvalue weighted by Gasteiger charge is -2.30. The largest absolute Gasteiger partial charge is 0.497 e. The number of aromatic amines is 1. The highest BCUT2D eigenvalue weighted by molar-refractivity contribution is 5.92. The molecule has 7 rings (SSSR count). The highest BCUT2D eigenvalue weighted by Crippen LogP contribution is 2.43. The summed E-state index contributed by atoms with van der Waals surface area (Å²) in [5, 5.41) is 13.5. The second-order valence-corrected chi connectivity index (χ2v) is 11.6. The number of hydrogen-bond donors (Lipinski definition) is 3. The van der Waals surface area contributed by atoms with Crippen molar-refractivity contribution in [3.8, 4) is 16.9 Å². The summed E-state index contributed by atoms with van der Waals surface area (Å²) in [5.74, 6) is 0.770. The number of ether oxygens (including phenoxy) is 3. The monoisotopic (exact) mass is 600 g/mol. The molecular formula is C38H36N2O5. The standard InChI is InChI=1S/C38H36N2O5/c1-43-29-13-14-35-33(20-29)27(21-40-35)15-16-39-38(42)36-18-28(19-37(45-36)44-23-25-11-9-24(22-41)10-12-25)31-7-4-8-32-30-6-3-2-5-26(30)17-34(31)32/h2-14,18,20-21,28,37,40-41H,15-17,19,22-23H2,1H3,(H,39,42). The maximum absolute atomic E-state index is 13.6. The van der Waals surface area contributed by atoms with Crippen LogP contribution in [0.4, 0.5) is 0 Å². The zero-order chi connectivity index (χ0) is 30.8. The lowest BCUT2D eigenvalue weighted by molar-refractivity contribution is -0.150. The number of aliphatic hydroxyl groups is 1. The van der Waals surface area contributed by atoms with Crippen molar-refractivity contribution in [2.24, 2.45) is 0 Å². The Balaban J connectivity index is 1.10. The quantitative estimate of drug-likeness (QED) is 0.166. The first kappa shape index (κ1) is 28.9. The molecular weight excluding hydrogens is 564 g/mol. The van der Waals surface area contributed by atoms with Gasteiger partial charge in [0.05, 0.1) is 20.3 Å². The fourth-order valence-corrected chi connectivity index (χ4v) is 6.48. The number of methoxy groups -OCH3 is 1. The van der Waals surface area contributed by atoms with Gasteiger partial charge < -0.3 is 29.6 Å². The minimum absolute atomic E-state index is 0.00240. The van der Waals surface area contributed by atoms with Crippen molar-refractivity contribution in [3.05, 3.63) is 136 Å². The molecule has 0 radical (unpaired) electrons. The molecule has 7 heteroatoms. The lowest BCUT2D eigenvalue weighted by atomic mass is 9.87. The summed E-state index contributed by atoms with van der Waals surface area (Å²) in [6.07, 6.45) is 5.46. The van der Waals surface area contributed by atoms with Gasteiger partial charge in [-0.3, -0.25) is 4.79 Å². The van der Waals surface area contributed by atoms with Crippen molar-refractivity contribution < 1.29 is 24.1 Å². The summed E-state index contributed by atoms with van der Waals surface area (Å²) in [6.45, 7) is 0.783. The van der Waals surface area contributed by atoms with Crippen molar-refractivity contribution in [1.82, 2.24) is 10.3 Å². The smallest absolute Gasteiger partial charge is 0.286 e. The Morgan fingerprint density at radius 3 is 2.67 bits per heavy atom. The summed E-state index contributed by atoms with van der Waals surface area (Å²) in [5.41, 5.74) is 10.3. The molecule has 1 aliphatic carbocycles. The first-order valence-corrected chi connectivity index (χ1v) is 15.4. The van der Waals surface area contributed by atoms with Gasteiger partial charge in [0.15, 0.2) is 5.76 Å². The Morgan fingerprint density at radius 2 is 1.82 bits per heavy atom. The van der Waals surface area contributed by atoms with Crippen LogP contribution in [-0.2, 0) is 40.3 Å². The number of hydrogen-bond acceptors (Lipinski definition) is 5. The molecule has 1 aliphatic heterocycles. The van der Waals surface area contributed by atoms with Gasteiger partial charge in [-0.2, -0.15) is 0 Å². The Morgan fingerprint density at radius 1 is 1.00 bits per heavy atom. The average molecular weight is 601 g/mol. The fourth-order valence-electron chi connectivity index (χ4n) is 6.48. The van der Waals surface area contributed by atoms with E-state index in [1.54, 1.807) is 7.11 Å². The molecule has 0 bridgehead atoms. The molecule has 45 heavy (non-hydrogen) atoms. The number of carbonyl (C=O) groups is 1. The number of rotatable bonds is 10. The number of fused-ring (bicyclic) bond motifs is 4. The summed E-state index contributed by atoms with van der Waals surface area (Å²) in [7, 11) is 1.66. The highest BCUT2D eigenvalue weighted by Gasteiger charge is 2.32. The van der Waals surface area contributed by atoms with Gasteiger partial charge >= 0.3 is 0 Å². The molecule has 0 saturated carbocycles. The predicted molar refractivity (Wildman–Crippen MR) is 174 cm³/mol. The van der Waals surface area contributed by atoms with Crippen molar-refractivity contribution in [2.45, 2.75) is 44.7 Å². The second kappa shape index (κ2) is 12.6. The summed E-state index contributed by atoms with van der Waals surface area (Å²) in [4.78, 5) is 16.9. The van der Waals surface area contributed by atoms with E-state index in [-0.39, 0.29) is 24.2 Å².